The number of hydrogen-bond acceptors (Lipinski definition) is 4. The van der Waals surface area contributed by atoms with E-state index in [9.17, 15) is 4.39 Å². The molecule has 0 amide bonds. The van der Waals surface area contributed by atoms with E-state index in [0.717, 1.165) is 34.0 Å². The lowest BCUT2D eigenvalue weighted by atomic mass is 10.1. The highest BCUT2D eigenvalue weighted by Crippen LogP contribution is 2.29. The van der Waals surface area contributed by atoms with Crippen LogP contribution in [0.1, 0.15) is 11.1 Å². The molecule has 0 bridgehead atoms. The molecule has 0 radical (unpaired) electrons. The predicted octanol–water partition coefficient (Wildman–Crippen LogP) is 3.72. The van der Waals surface area contributed by atoms with Crippen LogP contribution in [-0.4, -0.2) is 31.5 Å². The van der Waals surface area contributed by atoms with Crippen molar-refractivity contribution in [3.8, 4) is 0 Å². The summed E-state index contributed by atoms with van der Waals surface area (Å²) < 4.78 is 13.4. The van der Waals surface area contributed by atoms with Crippen LogP contribution in [0.25, 0.3) is 5.70 Å². The zero-order valence-electron chi connectivity index (χ0n) is 14.2. The second-order valence-electron chi connectivity index (χ2n) is 6.00. The van der Waals surface area contributed by atoms with E-state index < -0.39 is 0 Å². The average Bonchev–Trinajstić information content (AvgIpc) is 2.53. The van der Waals surface area contributed by atoms with Crippen LogP contribution in [0.3, 0.4) is 0 Å². The Balaban J connectivity index is 1.79. The van der Waals surface area contributed by atoms with Crippen molar-refractivity contribution in [2.75, 3.05) is 25.6 Å². The highest BCUT2D eigenvalue weighted by Gasteiger charge is 2.17. The number of hydrogen-bond donors (Lipinski definition) is 1. The number of fused-ring (bicyclic) bond motifs is 1. The molecule has 0 aliphatic carbocycles. The van der Waals surface area contributed by atoms with Crippen LogP contribution >= 0.6 is 0 Å². The molecule has 1 aliphatic rings. The normalized spacial score (nSPS) is 13.4. The summed E-state index contributed by atoms with van der Waals surface area (Å²) in [6.45, 7) is 6.68. The molecule has 1 aliphatic heterocycles. The highest BCUT2D eigenvalue weighted by molar-refractivity contribution is 5.98. The molecule has 1 heterocycles. The lowest BCUT2D eigenvalue weighted by Gasteiger charge is -2.32. The summed E-state index contributed by atoms with van der Waals surface area (Å²) in [4.78, 5) is 4.69. The van der Waals surface area contributed by atoms with E-state index in [1.807, 2.05) is 43.2 Å². The van der Waals surface area contributed by atoms with E-state index in [1.165, 1.54) is 12.1 Å². The highest BCUT2D eigenvalue weighted by atomic mass is 19.1. The largest absolute Gasteiger partial charge is 0.343 e. The SMILES string of the molecule is C=C1NC(CN(C)N(C)c2cccc(F)c2)=Nc2cc(C)ccc21. The van der Waals surface area contributed by atoms with Crippen LogP contribution in [0.2, 0.25) is 0 Å². The third kappa shape index (κ3) is 3.31. The minimum Gasteiger partial charge on any atom is -0.343 e. The predicted molar refractivity (Wildman–Crippen MR) is 97.9 cm³/mol. The van der Waals surface area contributed by atoms with Crippen molar-refractivity contribution >= 4 is 22.9 Å². The summed E-state index contributed by atoms with van der Waals surface area (Å²) in [6, 6.07) is 12.6. The first-order chi connectivity index (χ1) is 11.4. The standard InChI is InChI=1S/C19H21FN4/c1-13-8-9-17-14(2)21-19(22-18(17)10-13)12-23(3)24(4)16-7-5-6-15(20)11-16/h5-11H,2,12H2,1,3-4H3,(H,21,22). The molecule has 0 fully saturated rings. The number of likely N-dealkylation sites (N-methyl/N-ethyl adjacent to an activating group) is 1. The molecular formula is C19H21FN4. The monoisotopic (exact) mass is 324 g/mol. The van der Waals surface area contributed by atoms with Crippen LogP contribution < -0.4 is 10.3 Å². The Morgan fingerprint density at radius 3 is 2.71 bits per heavy atom. The summed E-state index contributed by atoms with van der Waals surface area (Å²) in [6.07, 6.45) is 0. The number of nitrogens with zero attached hydrogens (tertiary/aromatic N) is 3. The van der Waals surface area contributed by atoms with E-state index in [-0.39, 0.29) is 5.82 Å². The lowest BCUT2D eigenvalue weighted by molar-refractivity contribution is 0.367. The number of hydrazine groups is 1. The molecule has 0 aromatic heterocycles. The molecule has 4 nitrogen and oxygen atoms in total. The van der Waals surface area contributed by atoms with Crippen LogP contribution in [0.5, 0.6) is 0 Å². The quantitative estimate of drug-likeness (QED) is 0.870. The first-order valence-electron chi connectivity index (χ1n) is 7.79. The molecule has 0 atom stereocenters. The molecule has 1 N–H and O–H groups in total. The maximum Gasteiger partial charge on any atom is 0.125 e. The van der Waals surface area contributed by atoms with Gasteiger partial charge in [-0.05, 0) is 36.8 Å². The van der Waals surface area contributed by atoms with Gasteiger partial charge in [0.25, 0.3) is 0 Å². The van der Waals surface area contributed by atoms with Crippen molar-refractivity contribution in [2.24, 2.45) is 4.99 Å². The van der Waals surface area contributed by atoms with E-state index in [0.29, 0.717) is 6.54 Å². The number of benzene rings is 2. The molecule has 3 rings (SSSR count). The Kier molecular flexibility index (Phi) is 4.36. The van der Waals surface area contributed by atoms with Crippen molar-refractivity contribution in [3.05, 3.63) is 66.0 Å². The zero-order valence-corrected chi connectivity index (χ0v) is 14.2. The second kappa shape index (κ2) is 6.45. The molecule has 0 unspecified atom stereocenters. The van der Waals surface area contributed by atoms with Gasteiger partial charge in [0, 0.05) is 25.4 Å². The van der Waals surface area contributed by atoms with Crippen LogP contribution in [0.4, 0.5) is 15.8 Å². The second-order valence-corrected chi connectivity index (χ2v) is 6.00. The van der Waals surface area contributed by atoms with E-state index in [2.05, 4.69) is 24.0 Å². The summed E-state index contributed by atoms with van der Waals surface area (Å²) in [5, 5.41) is 7.11. The maximum absolute atomic E-state index is 13.4. The molecule has 0 saturated heterocycles. The number of aliphatic imine (C=N–C) groups is 1. The van der Waals surface area contributed by atoms with Gasteiger partial charge >= 0.3 is 0 Å². The van der Waals surface area contributed by atoms with Crippen LogP contribution in [0, 0.1) is 12.7 Å². The van der Waals surface area contributed by atoms with Gasteiger partial charge in [-0.2, -0.15) is 0 Å². The van der Waals surface area contributed by atoms with Gasteiger partial charge < -0.3 is 10.3 Å². The fourth-order valence-corrected chi connectivity index (χ4v) is 2.68. The third-order valence-electron chi connectivity index (χ3n) is 4.10. The van der Waals surface area contributed by atoms with Gasteiger partial charge in [0.1, 0.15) is 11.7 Å². The molecule has 5 heteroatoms. The first-order valence-corrected chi connectivity index (χ1v) is 7.79. The Hall–Kier alpha value is -2.66. The fourth-order valence-electron chi connectivity index (χ4n) is 2.68. The van der Waals surface area contributed by atoms with E-state index in [4.69, 9.17) is 4.99 Å². The molecule has 2 aromatic carbocycles. The number of nitrogens with one attached hydrogen (secondary N) is 1. The molecule has 2 aromatic rings. The van der Waals surface area contributed by atoms with Crippen molar-refractivity contribution in [3.63, 3.8) is 0 Å². The summed E-state index contributed by atoms with van der Waals surface area (Å²) >= 11 is 0. The van der Waals surface area contributed by atoms with Crippen LogP contribution in [0.15, 0.2) is 54.0 Å². The molecule has 124 valence electrons. The van der Waals surface area contributed by atoms with Gasteiger partial charge in [0.15, 0.2) is 0 Å². The van der Waals surface area contributed by atoms with Crippen molar-refractivity contribution in [1.29, 1.82) is 0 Å². The topological polar surface area (TPSA) is 30.9 Å². The summed E-state index contributed by atoms with van der Waals surface area (Å²) in [5.41, 5.74) is 4.73. The number of anilines is 1. The number of amidine groups is 1. The first kappa shape index (κ1) is 16.2. The van der Waals surface area contributed by atoms with Crippen molar-refractivity contribution in [2.45, 2.75) is 6.92 Å². The van der Waals surface area contributed by atoms with Crippen molar-refractivity contribution in [1.82, 2.24) is 10.3 Å². The fraction of sp³-hybridized carbons (Fsp3) is 0.211. The number of halogens is 1. The van der Waals surface area contributed by atoms with Gasteiger partial charge in [-0.1, -0.05) is 24.8 Å². The summed E-state index contributed by atoms with van der Waals surface area (Å²) in [5.74, 6) is 0.558. The Morgan fingerprint density at radius 2 is 1.96 bits per heavy atom. The summed E-state index contributed by atoms with van der Waals surface area (Å²) in [7, 11) is 3.83. The van der Waals surface area contributed by atoms with Crippen LogP contribution in [-0.2, 0) is 0 Å². The molecular weight excluding hydrogens is 303 g/mol. The van der Waals surface area contributed by atoms with Gasteiger partial charge in [-0.3, -0.25) is 0 Å². The average molecular weight is 324 g/mol. The van der Waals surface area contributed by atoms with E-state index >= 15 is 0 Å². The minimum absolute atomic E-state index is 0.251. The third-order valence-corrected chi connectivity index (χ3v) is 4.10. The maximum atomic E-state index is 13.4. The number of rotatable bonds is 4. The molecule has 0 saturated carbocycles. The lowest BCUT2D eigenvalue weighted by Crippen LogP contribution is -2.44. The minimum atomic E-state index is -0.251. The Bertz CT molecular complexity index is 813. The van der Waals surface area contributed by atoms with Gasteiger partial charge in [-0.25, -0.2) is 14.4 Å². The van der Waals surface area contributed by atoms with Gasteiger partial charge in [0.05, 0.1) is 17.9 Å². The van der Waals surface area contributed by atoms with Gasteiger partial charge in [-0.15, -0.1) is 0 Å². The molecule has 0 spiro atoms. The Labute approximate surface area is 141 Å². The van der Waals surface area contributed by atoms with Crippen molar-refractivity contribution < 1.29 is 4.39 Å². The number of aryl methyl sites for hydroxylation is 1. The smallest absolute Gasteiger partial charge is 0.125 e. The zero-order chi connectivity index (χ0) is 17.3. The molecule has 24 heavy (non-hydrogen) atoms. The van der Waals surface area contributed by atoms with Gasteiger partial charge in [0.2, 0.25) is 0 Å². The van der Waals surface area contributed by atoms with E-state index in [1.54, 1.807) is 6.07 Å². The Morgan fingerprint density at radius 1 is 1.17 bits per heavy atom.